The third-order valence-electron chi connectivity index (χ3n) is 5.00. The lowest BCUT2D eigenvalue weighted by Gasteiger charge is -2.45. The van der Waals surface area contributed by atoms with Crippen LogP contribution in [0.2, 0.25) is 0 Å². The van der Waals surface area contributed by atoms with Crippen molar-refractivity contribution in [2.75, 3.05) is 29.9 Å². The molecular weight excluding hydrogens is 328 g/mol. The molecule has 0 spiro atoms. The molecule has 136 valence electrons. The molecule has 1 saturated heterocycles. The molecular formula is C18H24N8. The number of hydrogen-bond acceptors (Lipinski definition) is 7. The van der Waals surface area contributed by atoms with Gasteiger partial charge in [0.15, 0.2) is 11.5 Å². The first-order valence-electron chi connectivity index (χ1n) is 8.79. The predicted molar refractivity (Wildman–Crippen MR) is 101 cm³/mol. The Kier molecular flexibility index (Phi) is 3.78. The normalized spacial score (nSPS) is 15.3. The maximum Gasteiger partial charge on any atom is 0.163 e. The fourth-order valence-corrected chi connectivity index (χ4v) is 3.18. The van der Waals surface area contributed by atoms with Gasteiger partial charge in [0.1, 0.15) is 12.1 Å². The Morgan fingerprint density at radius 3 is 2.54 bits per heavy atom. The zero-order valence-corrected chi connectivity index (χ0v) is 15.9. The fraction of sp³-hybridized carbons (Fsp3) is 0.500. The molecule has 0 radical (unpaired) electrons. The minimum atomic E-state index is 0.0192. The van der Waals surface area contributed by atoms with E-state index in [0.29, 0.717) is 6.04 Å². The third kappa shape index (κ3) is 2.75. The number of aromatic nitrogens is 6. The van der Waals surface area contributed by atoms with Crippen molar-refractivity contribution in [3.05, 3.63) is 30.4 Å². The van der Waals surface area contributed by atoms with Gasteiger partial charge in [-0.3, -0.25) is 4.68 Å². The highest BCUT2D eigenvalue weighted by Crippen LogP contribution is 2.28. The second-order valence-electron chi connectivity index (χ2n) is 7.90. The van der Waals surface area contributed by atoms with Gasteiger partial charge in [0.05, 0.1) is 23.3 Å². The van der Waals surface area contributed by atoms with Gasteiger partial charge in [0.25, 0.3) is 0 Å². The van der Waals surface area contributed by atoms with Gasteiger partial charge in [-0.2, -0.15) is 10.2 Å². The molecule has 0 aromatic carbocycles. The molecule has 0 atom stereocenters. The van der Waals surface area contributed by atoms with Crippen molar-refractivity contribution in [2.45, 2.75) is 32.2 Å². The minimum absolute atomic E-state index is 0.0192. The highest BCUT2D eigenvalue weighted by molar-refractivity contribution is 5.86. The molecule has 4 rings (SSSR count). The Bertz CT molecular complexity index is 919. The Morgan fingerprint density at radius 2 is 1.88 bits per heavy atom. The lowest BCUT2D eigenvalue weighted by Crippen LogP contribution is -2.59. The van der Waals surface area contributed by atoms with Crippen molar-refractivity contribution in [2.24, 2.45) is 7.05 Å². The van der Waals surface area contributed by atoms with E-state index in [1.807, 2.05) is 13.2 Å². The maximum atomic E-state index is 4.47. The van der Waals surface area contributed by atoms with Gasteiger partial charge in [0, 0.05) is 32.6 Å². The van der Waals surface area contributed by atoms with Gasteiger partial charge in [-0.05, 0) is 12.1 Å². The lowest BCUT2D eigenvalue weighted by atomic mass is 9.92. The van der Waals surface area contributed by atoms with E-state index >= 15 is 0 Å². The smallest absolute Gasteiger partial charge is 0.163 e. The van der Waals surface area contributed by atoms with Crippen LogP contribution >= 0.6 is 0 Å². The molecule has 1 fully saturated rings. The summed E-state index contributed by atoms with van der Waals surface area (Å²) in [5.41, 5.74) is 1.88. The third-order valence-corrected chi connectivity index (χ3v) is 5.00. The molecule has 0 saturated carbocycles. The number of aryl methyl sites for hydroxylation is 1. The summed E-state index contributed by atoms with van der Waals surface area (Å²) in [6, 6.07) is 4.51. The molecule has 4 heterocycles. The molecule has 0 unspecified atom stereocenters. The Balaban J connectivity index is 1.47. The predicted octanol–water partition coefficient (Wildman–Crippen LogP) is 1.78. The molecule has 26 heavy (non-hydrogen) atoms. The average molecular weight is 352 g/mol. The number of anilines is 2. The summed E-state index contributed by atoms with van der Waals surface area (Å²) in [7, 11) is 3.97. The van der Waals surface area contributed by atoms with Gasteiger partial charge in [-0.15, -0.1) is 5.10 Å². The van der Waals surface area contributed by atoms with Crippen molar-refractivity contribution >= 4 is 22.7 Å². The van der Waals surface area contributed by atoms with Crippen molar-refractivity contribution in [1.82, 2.24) is 29.9 Å². The molecule has 3 aromatic rings. The Labute approximate surface area is 152 Å². The molecule has 3 aromatic heterocycles. The second-order valence-corrected chi connectivity index (χ2v) is 7.90. The first kappa shape index (κ1) is 16.7. The standard InChI is InChI=1S/C18H24N8/c1-18(2,3)14-6-7-15(23-22-14)26-9-12(10-26)24(4)16-13-8-21-25(5)17(13)20-11-19-16/h6-8,11-12H,9-10H2,1-5H3. The SMILES string of the molecule is CN(c1ncnc2c1cnn2C)C1CN(c2ccc(C(C)(C)C)nn2)C1. The topological polar surface area (TPSA) is 75.9 Å². The highest BCUT2D eigenvalue weighted by atomic mass is 15.4. The zero-order chi connectivity index (χ0) is 18.5. The van der Waals surface area contributed by atoms with Crippen LogP contribution in [-0.2, 0) is 12.5 Å². The van der Waals surface area contributed by atoms with E-state index in [9.17, 15) is 0 Å². The number of likely N-dealkylation sites (N-methyl/N-ethyl adjacent to an activating group) is 1. The van der Waals surface area contributed by atoms with Crippen LogP contribution < -0.4 is 9.80 Å². The highest BCUT2D eigenvalue weighted by Gasteiger charge is 2.33. The van der Waals surface area contributed by atoms with Crippen molar-refractivity contribution in [3.8, 4) is 0 Å². The summed E-state index contributed by atoms with van der Waals surface area (Å²) in [5.74, 6) is 1.85. The van der Waals surface area contributed by atoms with E-state index in [4.69, 9.17) is 0 Å². The molecule has 0 aliphatic carbocycles. The van der Waals surface area contributed by atoms with Gasteiger partial charge in [-0.25, -0.2) is 9.97 Å². The first-order chi connectivity index (χ1) is 12.3. The lowest BCUT2D eigenvalue weighted by molar-refractivity contribution is 0.486. The Morgan fingerprint density at radius 1 is 1.12 bits per heavy atom. The van der Waals surface area contributed by atoms with E-state index in [1.165, 1.54) is 0 Å². The van der Waals surface area contributed by atoms with Crippen LogP contribution in [0.1, 0.15) is 26.5 Å². The monoisotopic (exact) mass is 352 g/mol. The van der Waals surface area contributed by atoms with Crippen molar-refractivity contribution in [1.29, 1.82) is 0 Å². The van der Waals surface area contributed by atoms with Crippen LogP contribution in [-0.4, -0.2) is 56.1 Å². The molecule has 1 aliphatic heterocycles. The Hall–Kier alpha value is -2.77. The second kappa shape index (κ2) is 5.89. The van der Waals surface area contributed by atoms with Crippen LogP contribution in [0, 0.1) is 0 Å². The largest absolute Gasteiger partial charge is 0.352 e. The van der Waals surface area contributed by atoms with Gasteiger partial charge in [-0.1, -0.05) is 20.8 Å². The molecule has 8 heteroatoms. The number of fused-ring (bicyclic) bond motifs is 1. The van der Waals surface area contributed by atoms with Crippen molar-refractivity contribution in [3.63, 3.8) is 0 Å². The van der Waals surface area contributed by atoms with Gasteiger partial charge < -0.3 is 9.80 Å². The summed E-state index contributed by atoms with van der Waals surface area (Å²) in [6.45, 7) is 8.22. The summed E-state index contributed by atoms with van der Waals surface area (Å²) < 4.78 is 1.77. The number of rotatable bonds is 3. The van der Waals surface area contributed by atoms with Crippen LogP contribution in [0.5, 0.6) is 0 Å². The van der Waals surface area contributed by atoms with Crippen molar-refractivity contribution < 1.29 is 0 Å². The first-order valence-corrected chi connectivity index (χ1v) is 8.79. The van der Waals surface area contributed by atoms with E-state index in [1.54, 1.807) is 11.0 Å². The van der Waals surface area contributed by atoms with Crippen LogP contribution in [0.25, 0.3) is 11.0 Å². The number of hydrogen-bond donors (Lipinski definition) is 0. The summed E-state index contributed by atoms with van der Waals surface area (Å²) in [6.07, 6.45) is 3.43. The molecule has 1 aliphatic rings. The molecule has 0 N–H and O–H groups in total. The van der Waals surface area contributed by atoms with Gasteiger partial charge in [0.2, 0.25) is 0 Å². The fourth-order valence-electron chi connectivity index (χ4n) is 3.18. The number of nitrogens with zero attached hydrogens (tertiary/aromatic N) is 8. The summed E-state index contributed by atoms with van der Waals surface area (Å²) in [5, 5.41) is 14.1. The van der Waals surface area contributed by atoms with E-state index in [0.717, 1.165) is 41.5 Å². The summed E-state index contributed by atoms with van der Waals surface area (Å²) >= 11 is 0. The molecule has 0 amide bonds. The average Bonchev–Trinajstić information content (AvgIpc) is 2.94. The van der Waals surface area contributed by atoms with E-state index in [2.05, 4.69) is 75.0 Å². The van der Waals surface area contributed by atoms with E-state index < -0.39 is 0 Å². The summed E-state index contributed by atoms with van der Waals surface area (Å²) in [4.78, 5) is 13.2. The quantitative estimate of drug-likeness (QED) is 0.711. The maximum absolute atomic E-state index is 4.47. The minimum Gasteiger partial charge on any atom is -0.352 e. The molecule has 8 nitrogen and oxygen atoms in total. The molecule has 0 bridgehead atoms. The van der Waals surface area contributed by atoms with Crippen LogP contribution in [0.4, 0.5) is 11.6 Å². The van der Waals surface area contributed by atoms with Gasteiger partial charge >= 0.3 is 0 Å². The zero-order valence-electron chi connectivity index (χ0n) is 15.9. The van der Waals surface area contributed by atoms with Crippen LogP contribution in [0.3, 0.4) is 0 Å². The van der Waals surface area contributed by atoms with E-state index in [-0.39, 0.29) is 5.41 Å². The van der Waals surface area contributed by atoms with Crippen LogP contribution in [0.15, 0.2) is 24.7 Å².